The second-order valence-electron chi connectivity index (χ2n) is 7.97. The van der Waals surface area contributed by atoms with E-state index in [1.165, 1.54) is 11.1 Å². The molecule has 1 aliphatic rings. The molecule has 0 amide bonds. The van der Waals surface area contributed by atoms with E-state index in [2.05, 4.69) is 69.8 Å². The molecule has 1 aliphatic heterocycles. The fourth-order valence-corrected chi connectivity index (χ4v) is 5.11. The molecule has 1 N–H and O–H groups in total. The number of fused-ring (bicyclic) bond motifs is 1. The Labute approximate surface area is 203 Å². The summed E-state index contributed by atoms with van der Waals surface area (Å²) >= 11 is 13.4. The summed E-state index contributed by atoms with van der Waals surface area (Å²) in [5, 5.41) is 4.71. The molecule has 5 rings (SSSR count). The zero-order valence-electron chi connectivity index (χ0n) is 18.1. The highest BCUT2D eigenvalue weighted by Gasteiger charge is 2.40. The van der Waals surface area contributed by atoms with Gasteiger partial charge in [0.05, 0.1) is 28.5 Å². The summed E-state index contributed by atoms with van der Waals surface area (Å²) in [5.41, 5.74) is 5.06. The first-order chi connectivity index (χ1) is 16.2. The average molecular weight is 476 g/mol. The van der Waals surface area contributed by atoms with Crippen molar-refractivity contribution in [1.29, 1.82) is 0 Å². The van der Waals surface area contributed by atoms with Crippen molar-refractivity contribution in [3.05, 3.63) is 112 Å². The minimum atomic E-state index is -0.156. The maximum absolute atomic E-state index is 6.69. The van der Waals surface area contributed by atoms with Crippen LogP contribution >= 0.6 is 23.2 Å². The third kappa shape index (κ3) is 4.12. The number of anilines is 3. The molecule has 6 heteroatoms. The maximum atomic E-state index is 6.69. The van der Waals surface area contributed by atoms with Crippen molar-refractivity contribution in [2.45, 2.75) is 18.5 Å². The number of halogens is 2. The normalized spacial score (nSPS) is 15.6. The van der Waals surface area contributed by atoms with Crippen LogP contribution in [0.5, 0.6) is 5.75 Å². The number of para-hydroxylation sites is 1. The number of benzene rings is 3. The van der Waals surface area contributed by atoms with Gasteiger partial charge in [0.2, 0.25) is 0 Å². The topological polar surface area (TPSA) is 37.4 Å². The number of pyridine rings is 1. The van der Waals surface area contributed by atoms with E-state index in [-0.39, 0.29) is 12.1 Å². The van der Waals surface area contributed by atoms with Crippen LogP contribution in [0.1, 0.15) is 17.0 Å². The van der Waals surface area contributed by atoms with Crippen LogP contribution in [0, 0.1) is 0 Å². The third-order valence-corrected chi connectivity index (χ3v) is 6.57. The number of aromatic nitrogens is 1. The van der Waals surface area contributed by atoms with E-state index in [1.807, 2.05) is 24.3 Å². The van der Waals surface area contributed by atoms with Crippen molar-refractivity contribution in [2.24, 2.45) is 0 Å². The summed E-state index contributed by atoms with van der Waals surface area (Å²) in [6.45, 7) is 0. The molecule has 0 spiro atoms. The summed E-state index contributed by atoms with van der Waals surface area (Å²) in [6.07, 6.45) is 3.93. The van der Waals surface area contributed by atoms with E-state index in [0.29, 0.717) is 15.7 Å². The molecular formula is C27H23Cl2N3O. The van der Waals surface area contributed by atoms with Gasteiger partial charge in [0, 0.05) is 18.3 Å². The predicted molar refractivity (Wildman–Crippen MR) is 136 cm³/mol. The van der Waals surface area contributed by atoms with E-state index in [0.717, 1.165) is 23.5 Å². The first-order valence-corrected chi connectivity index (χ1v) is 11.5. The van der Waals surface area contributed by atoms with Crippen LogP contribution < -0.4 is 15.0 Å². The maximum Gasteiger partial charge on any atom is 0.144 e. The number of rotatable bonds is 6. The highest BCUT2D eigenvalue weighted by molar-refractivity contribution is 6.39. The van der Waals surface area contributed by atoms with Gasteiger partial charge in [-0.15, -0.1) is 0 Å². The molecule has 0 radical (unpaired) electrons. The van der Waals surface area contributed by atoms with Crippen molar-refractivity contribution in [3.63, 3.8) is 0 Å². The number of hydrogen-bond donors (Lipinski definition) is 1. The molecule has 0 aliphatic carbocycles. The lowest BCUT2D eigenvalue weighted by molar-refractivity contribution is 0.415. The molecular weight excluding hydrogens is 453 g/mol. The van der Waals surface area contributed by atoms with Gasteiger partial charge in [0.25, 0.3) is 0 Å². The first kappa shape index (κ1) is 21.6. The molecule has 0 fully saturated rings. The van der Waals surface area contributed by atoms with Crippen LogP contribution in [0.15, 0.2) is 91.3 Å². The van der Waals surface area contributed by atoms with Gasteiger partial charge in [-0.3, -0.25) is 4.98 Å². The van der Waals surface area contributed by atoms with E-state index >= 15 is 0 Å². The zero-order valence-corrected chi connectivity index (χ0v) is 19.6. The van der Waals surface area contributed by atoms with Crippen molar-refractivity contribution >= 4 is 40.3 Å². The van der Waals surface area contributed by atoms with Gasteiger partial charge < -0.3 is 15.0 Å². The molecule has 33 heavy (non-hydrogen) atoms. The molecule has 2 heterocycles. The number of nitrogens with one attached hydrogen (secondary N) is 1. The Morgan fingerprint density at radius 1 is 0.879 bits per heavy atom. The number of nitrogens with zero attached hydrogens (tertiary/aromatic N) is 2. The fourth-order valence-electron chi connectivity index (χ4n) is 4.56. The SMILES string of the molecule is COc1cccc2c1N(c1c(Cl)cncc1Cl)C(C(Cc1ccccc1)c1ccccc1)N2. The first-order valence-electron chi connectivity index (χ1n) is 10.8. The number of methoxy groups -OCH3 is 1. The van der Waals surface area contributed by atoms with E-state index in [1.54, 1.807) is 19.5 Å². The van der Waals surface area contributed by atoms with E-state index < -0.39 is 0 Å². The lowest BCUT2D eigenvalue weighted by Crippen LogP contribution is -2.39. The molecule has 0 saturated carbocycles. The van der Waals surface area contributed by atoms with Crippen LogP contribution in [-0.4, -0.2) is 18.3 Å². The highest BCUT2D eigenvalue weighted by atomic mass is 35.5. The average Bonchev–Trinajstić information content (AvgIpc) is 3.23. The second-order valence-corrected chi connectivity index (χ2v) is 8.79. The van der Waals surface area contributed by atoms with Crippen LogP contribution in [0.3, 0.4) is 0 Å². The molecule has 0 bridgehead atoms. The fraction of sp³-hybridized carbons (Fsp3) is 0.148. The largest absolute Gasteiger partial charge is 0.494 e. The Morgan fingerprint density at radius 2 is 1.55 bits per heavy atom. The summed E-state index contributed by atoms with van der Waals surface area (Å²) < 4.78 is 5.76. The monoisotopic (exact) mass is 475 g/mol. The van der Waals surface area contributed by atoms with Crippen LogP contribution in [0.4, 0.5) is 17.1 Å². The molecule has 4 aromatic rings. The third-order valence-electron chi connectivity index (χ3n) is 6.02. The molecule has 1 aromatic heterocycles. The van der Waals surface area contributed by atoms with Crippen LogP contribution in [0.25, 0.3) is 0 Å². The van der Waals surface area contributed by atoms with Gasteiger partial charge in [-0.2, -0.15) is 0 Å². The Bertz CT molecular complexity index is 1230. The molecule has 166 valence electrons. The van der Waals surface area contributed by atoms with Gasteiger partial charge >= 0.3 is 0 Å². The molecule has 2 atom stereocenters. The Kier molecular flexibility index (Phi) is 6.12. The zero-order chi connectivity index (χ0) is 22.8. The van der Waals surface area contributed by atoms with Gasteiger partial charge in [-0.05, 0) is 29.7 Å². The van der Waals surface area contributed by atoms with Crippen LogP contribution in [-0.2, 0) is 6.42 Å². The molecule has 2 unspecified atom stereocenters. The van der Waals surface area contributed by atoms with Gasteiger partial charge in [0.1, 0.15) is 17.6 Å². The minimum Gasteiger partial charge on any atom is -0.494 e. The Morgan fingerprint density at radius 3 is 2.21 bits per heavy atom. The molecule has 4 nitrogen and oxygen atoms in total. The van der Waals surface area contributed by atoms with Gasteiger partial charge in [0.15, 0.2) is 0 Å². The lowest BCUT2D eigenvalue weighted by Gasteiger charge is -2.35. The summed E-state index contributed by atoms with van der Waals surface area (Å²) in [6, 6.07) is 27.0. The summed E-state index contributed by atoms with van der Waals surface area (Å²) in [7, 11) is 1.68. The quantitative estimate of drug-likeness (QED) is 0.317. The lowest BCUT2D eigenvalue weighted by atomic mass is 9.88. The van der Waals surface area contributed by atoms with Crippen molar-refractivity contribution < 1.29 is 4.74 Å². The number of ether oxygens (including phenoxy) is 1. The van der Waals surface area contributed by atoms with E-state index in [4.69, 9.17) is 27.9 Å². The summed E-state index contributed by atoms with van der Waals surface area (Å²) in [4.78, 5) is 6.34. The van der Waals surface area contributed by atoms with Crippen molar-refractivity contribution in [2.75, 3.05) is 17.3 Å². The van der Waals surface area contributed by atoms with Gasteiger partial charge in [-0.25, -0.2) is 0 Å². The predicted octanol–water partition coefficient (Wildman–Crippen LogP) is 7.31. The summed E-state index contributed by atoms with van der Waals surface area (Å²) in [5.74, 6) is 0.837. The van der Waals surface area contributed by atoms with Crippen LogP contribution in [0.2, 0.25) is 10.0 Å². The van der Waals surface area contributed by atoms with E-state index in [9.17, 15) is 0 Å². The highest BCUT2D eigenvalue weighted by Crippen LogP contribution is 2.52. The molecule has 3 aromatic carbocycles. The number of hydrogen-bond acceptors (Lipinski definition) is 4. The standard InChI is InChI=1S/C27H23Cl2N3O/c1-33-24-14-8-13-23-26(24)32(25-21(28)16-30-17-22(25)29)27(31-23)20(19-11-6-3-7-12-19)15-18-9-4-2-5-10-18/h2-14,16-17,20,27,31H,15H2,1H3. The van der Waals surface area contributed by atoms with Gasteiger partial charge in [-0.1, -0.05) is 89.9 Å². The minimum absolute atomic E-state index is 0.0889. The van der Waals surface area contributed by atoms with Crippen molar-refractivity contribution in [3.8, 4) is 5.75 Å². The Balaban J connectivity index is 1.69. The molecule has 0 saturated heterocycles. The van der Waals surface area contributed by atoms with Crippen molar-refractivity contribution in [1.82, 2.24) is 4.98 Å². The smallest absolute Gasteiger partial charge is 0.144 e. The second kappa shape index (κ2) is 9.34. The Hall–Kier alpha value is -3.21.